The second-order valence-corrected chi connectivity index (χ2v) is 5.44. The third-order valence-corrected chi connectivity index (χ3v) is 3.90. The third-order valence-electron chi connectivity index (χ3n) is 3.90. The van der Waals surface area contributed by atoms with Crippen LogP contribution in [0.15, 0.2) is 42.5 Å². The van der Waals surface area contributed by atoms with Crippen LogP contribution >= 0.6 is 0 Å². The van der Waals surface area contributed by atoms with Crippen molar-refractivity contribution in [2.24, 2.45) is 0 Å². The zero-order valence-corrected chi connectivity index (χ0v) is 13.4. The molecular weight excluding hydrogens is 258 g/mol. The Morgan fingerprint density at radius 2 is 1.76 bits per heavy atom. The van der Waals surface area contributed by atoms with E-state index in [0.29, 0.717) is 0 Å². The largest absolute Gasteiger partial charge is 0.377 e. The Hall–Kier alpha value is -1.38. The summed E-state index contributed by atoms with van der Waals surface area (Å²) in [5.41, 5.74) is 1.32. The Labute approximate surface area is 128 Å². The number of nitrogens with one attached hydrogen (secondary N) is 1. The molecule has 0 fully saturated rings. The van der Waals surface area contributed by atoms with E-state index in [1.807, 2.05) is 0 Å². The molecule has 0 aromatic heterocycles. The maximum Gasteiger partial charge on any atom is 0.0766 e. The zero-order valence-electron chi connectivity index (χ0n) is 13.4. The Bertz CT molecular complexity index is 552. The van der Waals surface area contributed by atoms with Gasteiger partial charge in [0, 0.05) is 6.61 Å². The van der Waals surface area contributed by atoms with Crippen LogP contribution in [0.4, 0.5) is 0 Å². The van der Waals surface area contributed by atoms with Crippen molar-refractivity contribution in [3.05, 3.63) is 48.0 Å². The molecule has 0 radical (unpaired) electrons. The molecule has 0 saturated heterocycles. The average Bonchev–Trinajstić information content (AvgIpc) is 2.54. The van der Waals surface area contributed by atoms with Gasteiger partial charge < -0.3 is 10.1 Å². The maximum atomic E-state index is 5.95. The predicted octanol–water partition coefficient (Wildman–Crippen LogP) is 4.70. The summed E-state index contributed by atoms with van der Waals surface area (Å²) in [6.07, 6.45) is 2.37. The lowest BCUT2D eigenvalue weighted by atomic mass is 9.96. The van der Waals surface area contributed by atoms with Crippen LogP contribution in [-0.2, 0) is 4.74 Å². The molecule has 0 saturated carbocycles. The molecule has 0 heterocycles. The van der Waals surface area contributed by atoms with E-state index in [-0.39, 0.29) is 12.1 Å². The van der Waals surface area contributed by atoms with Crippen LogP contribution in [0.1, 0.15) is 45.2 Å². The molecule has 2 atom stereocenters. The summed E-state index contributed by atoms with van der Waals surface area (Å²) >= 11 is 0. The summed E-state index contributed by atoms with van der Waals surface area (Å²) in [6, 6.07) is 15.5. The quantitative estimate of drug-likeness (QED) is 0.759. The molecule has 0 aliphatic heterocycles. The van der Waals surface area contributed by atoms with Gasteiger partial charge >= 0.3 is 0 Å². The minimum atomic E-state index is 0.225. The lowest BCUT2D eigenvalue weighted by Gasteiger charge is -2.28. The van der Waals surface area contributed by atoms with Crippen molar-refractivity contribution >= 4 is 10.8 Å². The number of fused-ring (bicyclic) bond motifs is 1. The van der Waals surface area contributed by atoms with Crippen LogP contribution < -0.4 is 5.32 Å². The Morgan fingerprint density at radius 1 is 1.00 bits per heavy atom. The Morgan fingerprint density at radius 3 is 2.43 bits per heavy atom. The van der Waals surface area contributed by atoms with Crippen molar-refractivity contribution in [2.75, 3.05) is 13.2 Å². The van der Waals surface area contributed by atoms with Gasteiger partial charge in [-0.2, -0.15) is 0 Å². The summed E-state index contributed by atoms with van der Waals surface area (Å²) in [6.45, 7) is 8.24. The molecule has 2 rings (SSSR count). The van der Waals surface area contributed by atoms with Crippen LogP contribution in [0.25, 0.3) is 10.8 Å². The van der Waals surface area contributed by atoms with Gasteiger partial charge in [0.05, 0.1) is 12.1 Å². The van der Waals surface area contributed by atoms with E-state index in [4.69, 9.17) is 4.74 Å². The molecule has 2 heteroatoms. The van der Waals surface area contributed by atoms with E-state index in [1.54, 1.807) is 0 Å². The monoisotopic (exact) mass is 285 g/mol. The van der Waals surface area contributed by atoms with Crippen molar-refractivity contribution < 1.29 is 4.74 Å². The first kappa shape index (κ1) is 16.0. The standard InChI is InChI=1S/C19H27NO/c1-4-13-20-19(18(5-2)21-6-3)17-12-11-15-9-7-8-10-16(15)14-17/h7-12,14,18-20H,4-6,13H2,1-3H3. The van der Waals surface area contributed by atoms with Gasteiger partial charge in [0.25, 0.3) is 0 Å². The van der Waals surface area contributed by atoms with Gasteiger partial charge in [-0.05, 0) is 48.7 Å². The van der Waals surface area contributed by atoms with Crippen LogP contribution in [-0.4, -0.2) is 19.3 Å². The van der Waals surface area contributed by atoms with E-state index >= 15 is 0 Å². The topological polar surface area (TPSA) is 21.3 Å². The summed E-state index contributed by atoms with van der Waals surface area (Å²) in [5.74, 6) is 0. The molecule has 0 aliphatic carbocycles. The molecule has 1 N–H and O–H groups in total. The van der Waals surface area contributed by atoms with E-state index in [0.717, 1.165) is 26.0 Å². The van der Waals surface area contributed by atoms with Gasteiger partial charge in [-0.1, -0.05) is 50.2 Å². The first-order valence-corrected chi connectivity index (χ1v) is 8.13. The molecule has 21 heavy (non-hydrogen) atoms. The van der Waals surface area contributed by atoms with Crippen molar-refractivity contribution in [3.8, 4) is 0 Å². The summed E-state index contributed by atoms with van der Waals surface area (Å²) in [7, 11) is 0. The number of benzene rings is 2. The average molecular weight is 285 g/mol. The molecule has 2 aromatic rings. The molecule has 0 spiro atoms. The van der Waals surface area contributed by atoms with Crippen molar-refractivity contribution in [1.82, 2.24) is 5.32 Å². The highest BCUT2D eigenvalue weighted by atomic mass is 16.5. The fraction of sp³-hybridized carbons (Fsp3) is 0.474. The molecule has 2 nitrogen and oxygen atoms in total. The lowest BCUT2D eigenvalue weighted by molar-refractivity contribution is 0.0314. The number of hydrogen-bond acceptors (Lipinski definition) is 2. The Balaban J connectivity index is 2.32. The summed E-state index contributed by atoms with van der Waals surface area (Å²) < 4.78 is 5.95. The van der Waals surface area contributed by atoms with Gasteiger partial charge in [-0.25, -0.2) is 0 Å². The third kappa shape index (κ3) is 4.05. The SMILES string of the molecule is CCCNC(c1ccc2ccccc2c1)C(CC)OCC. The van der Waals surface area contributed by atoms with Crippen molar-refractivity contribution in [3.63, 3.8) is 0 Å². The second-order valence-electron chi connectivity index (χ2n) is 5.44. The van der Waals surface area contributed by atoms with E-state index < -0.39 is 0 Å². The smallest absolute Gasteiger partial charge is 0.0766 e. The molecule has 2 aromatic carbocycles. The highest BCUT2D eigenvalue weighted by molar-refractivity contribution is 5.83. The molecule has 2 unspecified atom stereocenters. The maximum absolute atomic E-state index is 5.95. The molecular formula is C19H27NO. The van der Waals surface area contributed by atoms with Crippen molar-refractivity contribution in [1.29, 1.82) is 0 Å². The van der Waals surface area contributed by atoms with Crippen LogP contribution in [0, 0.1) is 0 Å². The van der Waals surface area contributed by atoms with E-state index in [1.165, 1.54) is 16.3 Å². The molecule has 0 amide bonds. The highest BCUT2D eigenvalue weighted by Gasteiger charge is 2.21. The van der Waals surface area contributed by atoms with Crippen molar-refractivity contribution in [2.45, 2.75) is 45.8 Å². The number of rotatable bonds is 8. The Kier molecular flexibility index (Phi) is 6.21. The highest BCUT2D eigenvalue weighted by Crippen LogP contribution is 2.25. The van der Waals surface area contributed by atoms with Crippen LogP contribution in [0.2, 0.25) is 0 Å². The lowest BCUT2D eigenvalue weighted by Crippen LogP contribution is -2.34. The first-order chi connectivity index (χ1) is 10.3. The van der Waals surface area contributed by atoms with Gasteiger partial charge in [0.2, 0.25) is 0 Å². The first-order valence-electron chi connectivity index (χ1n) is 8.13. The fourth-order valence-corrected chi connectivity index (χ4v) is 2.83. The van der Waals surface area contributed by atoms with Gasteiger partial charge in [-0.3, -0.25) is 0 Å². The normalized spacial score (nSPS) is 14.2. The summed E-state index contributed by atoms with van der Waals surface area (Å²) in [4.78, 5) is 0. The van der Waals surface area contributed by atoms with E-state index in [9.17, 15) is 0 Å². The predicted molar refractivity (Wildman–Crippen MR) is 90.7 cm³/mol. The fourth-order valence-electron chi connectivity index (χ4n) is 2.83. The van der Waals surface area contributed by atoms with Crippen LogP contribution in [0.5, 0.6) is 0 Å². The van der Waals surface area contributed by atoms with Gasteiger partial charge in [0.15, 0.2) is 0 Å². The molecule has 0 aliphatic rings. The minimum Gasteiger partial charge on any atom is -0.377 e. The molecule has 0 bridgehead atoms. The zero-order chi connectivity index (χ0) is 15.1. The summed E-state index contributed by atoms with van der Waals surface area (Å²) in [5, 5.41) is 6.25. The number of hydrogen-bond donors (Lipinski definition) is 1. The van der Waals surface area contributed by atoms with E-state index in [2.05, 4.69) is 68.6 Å². The number of ether oxygens (including phenoxy) is 1. The van der Waals surface area contributed by atoms with Gasteiger partial charge in [0.1, 0.15) is 0 Å². The van der Waals surface area contributed by atoms with Gasteiger partial charge in [-0.15, -0.1) is 0 Å². The second kappa shape index (κ2) is 8.16. The van der Waals surface area contributed by atoms with Crippen LogP contribution in [0.3, 0.4) is 0 Å². The minimum absolute atomic E-state index is 0.225. The molecule has 114 valence electrons.